The number of anilines is 1. The van der Waals surface area contributed by atoms with Crippen molar-refractivity contribution < 1.29 is 4.79 Å². The zero-order chi connectivity index (χ0) is 22.1. The number of nitrogens with zero attached hydrogens (tertiary/aromatic N) is 4. The van der Waals surface area contributed by atoms with Gasteiger partial charge in [0.1, 0.15) is 0 Å². The van der Waals surface area contributed by atoms with Crippen LogP contribution < -0.4 is 10.9 Å². The summed E-state index contributed by atoms with van der Waals surface area (Å²) in [6.45, 7) is 3.76. The van der Waals surface area contributed by atoms with Crippen LogP contribution in [0.25, 0.3) is 5.78 Å². The van der Waals surface area contributed by atoms with Gasteiger partial charge in [-0.2, -0.15) is 9.50 Å². The van der Waals surface area contributed by atoms with Crippen LogP contribution in [0.5, 0.6) is 0 Å². The quantitative estimate of drug-likeness (QED) is 0.473. The van der Waals surface area contributed by atoms with Gasteiger partial charge >= 0.3 is 0 Å². The molecule has 4 aromatic rings. The second kappa shape index (κ2) is 8.58. The first kappa shape index (κ1) is 20.4. The molecule has 0 fully saturated rings. The van der Waals surface area contributed by atoms with Crippen LogP contribution in [-0.2, 0) is 30.7 Å². The summed E-state index contributed by atoms with van der Waals surface area (Å²) in [5.74, 6) is 0.873. The van der Waals surface area contributed by atoms with Gasteiger partial charge in [0.05, 0.1) is 12.2 Å². The maximum absolute atomic E-state index is 13.0. The normalized spacial score (nSPS) is 13.3. The van der Waals surface area contributed by atoms with Crippen molar-refractivity contribution in [3.8, 4) is 0 Å². The fourth-order valence-electron chi connectivity index (χ4n) is 4.10. The Hall–Kier alpha value is -3.46. The molecule has 0 spiro atoms. The van der Waals surface area contributed by atoms with Gasteiger partial charge in [-0.25, -0.2) is 4.98 Å². The van der Waals surface area contributed by atoms with E-state index in [4.69, 9.17) is 0 Å². The Balaban J connectivity index is 1.28. The van der Waals surface area contributed by atoms with Gasteiger partial charge in [0.25, 0.3) is 11.3 Å². The lowest BCUT2D eigenvalue weighted by molar-refractivity contribution is -0.132. The lowest BCUT2D eigenvalue weighted by Crippen LogP contribution is -2.36. The van der Waals surface area contributed by atoms with E-state index in [1.54, 1.807) is 18.3 Å². The molecule has 0 saturated heterocycles. The number of aromatic amines is 1. The van der Waals surface area contributed by atoms with Crippen LogP contribution in [0, 0.1) is 6.92 Å². The molecule has 1 aromatic carbocycles. The molecule has 164 valence electrons. The van der Waals surface area contributed by atoms with E-state index in [2.05, 4.69) is 32.5 Å². The summed E-state index contributed by atoms with van der Waals surface area (Å²) in [5, 5.41) is 8.19. The van der Waals surface area contributed by atoms with Crippen LogP contribution in [0.3, 0.4) is 0 Å². The third-order valence-corrected chi connectivity index (χ3v) is 6.75. The lowest BCUT2D eigenvalue weighted by Gasteiger charge is -2.29. The highest BCUT2D eigenvalue weighted by Gasteiger charge is 2.21. The van der Waals surface area contributed by atoms with Crippen molar-refractivity contribution >= 4 is 29.0 Å². The van der Waals surface area contributed by atoms with E-state index in [-0.39, 0.29) is 17.9 Å². The fourth-order valence-corrected chi connectivity index (χ4v) is 4.75. The summed E-state index contributed by atoms with van der Waals surface area (Å²) in [6.07, 6.45) is 1.50. The summed E-state index contributed by atoms with van der Waals surface area (Å²) in [6, 6.07) is 12.3. The van der Waals surface area contributed by atoms with E-state index in [0.29, 0.717) is 49.0 Å². The van der Waals surface area contributed by atoms with E-state index in [1.165, 1.54) is 20.5 Å². The van der Waals surface area contributed by atoms with Crippen LogP contribution >= 0.6 is 11.3 Å². The Bertz CT molecular complexity index is 1320. The van der Waals surface area contributed by atoms with Crippen molar-refractivity contribution in [1.82, 2.24) is 24.5 Å². The van der Waals surface area contributed by atoms with Crippen molar-refractivity contribution in [3.05, 3.63) is 79.4 Å². The standard InChI is InChI=1S/C23H24N6O2S/c1-15-19(8-9-20(30)28-11-10-16-5-2-3-6-17(16)14-28)21(31)29-23(25-15)26-22(27-29)24-13-18-7-4-12-32-18/h2-7,12H,8-11,13-14H2,1H3,(H2,24,25,26,27). The van der Waals surface area contributed by atoms with E-state index < -0.39 is 0 Å². The first-order valence-electron chi connectivity index (χ1n) is 10.7. The fraction of sp³-hybridized carbons (Fsp3) is 0.304. The molecule has 0 aliphatic carbocycles. The number of amides is 1. The van der Waals surface area contributed by atoms with E-state index in [0.717, 1.165) is 6.42 Å². The van der Waals surface area contributed by atoms with Gasteiger partial charge < -0.3 is 10.2 Å². The summed E-state index contributed by atoms with van der Waals surface area (Å²) < 4.78 is 1.35. The summed E-state index contributed by atoms with van der Waals surface area (Å²) >= 11 is 1.65. The number of rotatable bonds is 6. The molecule has 0 bridgehead atoms. The number of aryl methyl sites for hydroxylation is 1. The molecule has 9 heteroatoms. The second-order valence-corrected chi connectivity index (χ2v) is 8.99. The number of fused-ring (bicyclic) bond motifs is 2. The van der Waals surface area contributed by atoms with Crippen LogP contribution in [0.1, 0.15) is 33.7 Å². The minimum absolute atomic E-state index is 0.0614. The van der Waals surface area contributed by atoms with Crippen LogP contribution in [0.15, 0.2) is 46.6 Å². The van der Waals surface area contributed by atoms with Crippen LogP contribution in [0.4, 0.5) is 5.95 Å². The summed E-state index contributed by atoms with van der Waals surface area (Å²) in [7, 11) is 0. The maximum atomic E-state index is 13.0. The Labute approximate surface area is 188 Å². The van der Waals surface area contributed by atoms with E-state index in [9.17, 15) is 9.59 Å². The van der Waals surface area contributed by atoms with Gasteiger partial charge in [-0.15, -0.1) is 11.3 Å². The molecule has 2 N–H and O–H groups in total. The number of carbonyl (C=O) groups is 1. The Morgan fingerprint density at radius 1 is 1.19 bits per heavy atom. The smallest absolute Gasteiger partial charge is 0.277 e. The Morgan fingerprint density at radius 2 is 2.03 bits per heavy atom. The highest BCUT2D eigenvalue weighted by molar-refractivity contribution is 7.09. The predicted molar refractivity (Wildman–Crippen MR) is 124 cm³/mol. The summed E-state index contributed by atoms with van der Waals surface area (Å²) in [4.78, 5) is 37.8. The first-order chi connectivity index (χ1) is 15.6. The van der Waals surface area contributed by atoms with Crippen molar-refractivity contribution in [3.63, 3.8) is 0 Å². The summed E-state index contributed by atoms with van der Waals surface area (Å²) in [5.41, 5.74) is 3.46. The van der Waals surface area contributed by atoms with Gasteiger partial charge in [-0.1, -0.05) is 30.3 Å². The Morgan fingerprint density at radius 3 is 2.84 bits per heavy atom. The number of thiophene rings is 1. The largest absolute Gasteiger partial charge is 0.350 e. The second-order valence-electron chi connectivity index (χ2n) is 7.96. The van der Waals surface area contributed by atoms with Gasteiger partial charge in [0.2, 0.25) is 11.9 Å². The van der Waals surface area contributed by atoms with E-state index >= 15 is 0 Å². The lowest BCUT2D eigenvalue weighted by atomic mass is 9.99. The first-order valence-corrected chi connectivity index (χ1v) is 11.6. The molecule has 4 heterocycles. The van der Waals surface area contributed by atoms with Crippen molar-refractivity contribution in [2.45, 2.75) is 39.3 Å². The topological polar surface area (TPSA) is 95.4 Å². The van der Waals surface area contributed by atoms with Crippen molar-refractivity contribution in [1.29, 1.82) is 0 Å². The molecule has 1 aliphatic heterocycles. The van der Waals surface area contributed by atoms with Crippen molar-refractivity contribution in [2.24, 2.45) is 0 Å². The third kappa shape index (κ3) is 4.03. The molecule has 32 heavy (non-hydrogen) atoms. The molecule has 5 rings (SSSR count). The average Bonchev–Trinajstić information content (AvgIpc) is 3.47. The molecule has 1 aliphatic rings. The van der Waals surface area contributed by atoms with Gasteiger partial charge in [-0.3, -0.25) is 14.7 Å². The minimum atomic E-state index is -0.207. The molecular formula is C23H24N6O2S. The zero-order valence-corrected chi connectivity index (χ0v) is 18.6. The van der Waals surface area contributed by atoms with Crippen molar-refractivity contribution in [2.75, 3.05) is 11.9 Å². The molecule has 3 aromatic heterocycles. The molecule has 0 radical (unpaired) electrons. The number of hydrogen-bond acceptors (Lipinski definition) is 6. The highest BCUT2D eigenvalue weighted by atomic mass is 32.1. The maximum Gasteiger partial charge on any atom is 0.277 e. The monoisotopic (exact) mass is 448 g/mol. The minimum Gasteiger partial charge on any atom is -0.350 e. The number of hydrogen-bond donors (Lipinski definition) is 2. The SMILES string of the molecule is Cc1nc2nc(NCc3cccs3)[nH]n2c(=O)c1CCC(=O)N1CCc2ccccc2C1. The molecular weight excluding hydrogens is 424 g/mol. The van der Waals surface area contributed by atoms with Crippen LogP contribution in [0.2, 0.25) is 0 Å². The molecule has 0 unspecified atom stereocenters. The average molecular weight is 449 g/mol. The Kier molecular flexibility index (Phi) is 5.48. The molecule has 0 saturated carbocycles. The molecule has 8 nitrogen and oxygen atoms in total. The predicted octanol–water partition coefficient (Wildman–Crippen LogP) is 2.92. The van der Waals surface area contributed by atoms with Crippen LogP contribution in [-0.4, -0.2) is 36.9 Å². The number of H-pyrrole nitrogens is 1. The van der Waals surface area contributed by atoms with Gasteiger partial charge in [-0.05, 0) is 42.3 Å². The number of carbonyl (C=O) groups excluding carboxylic acids is 1. The number of aromatic nitrogens is 4. The third-order valence-electron chi connectivity index (χ3n) is 5.88. The molecule has 1 amide bonds. The van der Waals surface area contributed by atoms with Gasteiger partial charge in [0, 0.05) is 30.0 Å². The highest BCUT2D eigenvalue weighted by Crippen LogP contribution is 2.19. The zero-order valence-electron chi connectivity index (χ0n) is 17.8. The molecule has 0 atom stereocenters. The van der Waals surface area contributed by atoms with Gasteiger partial charge in [0.15, 0.2) is 0 Å². The van der Waals surface area contributed by atoms with E-state index in [1.807, 2.05) is 34.5 Å². The number of nitrogens with one attached hydrogen (secondary N) is 2. The number of benzene rings is 1.